The molecule has 0 aliphatic heterocycles. The molecule has 1 aromatic carbocycles. The SMILES string of the molecule is C=C[C@@H](C)Nc1ccccc1S(N)(=O)=O. The number of para-hydroxylation sites is 1. The fourth-order valence-electron chi connectivity index (χ4n) is 1.14. The molecular weight excluding hydrogens is 212 g/mol. The molecule has 4 nitrogen and oxygen atoms in total. The van der Waals surface area contributed by atoms with E-state index in [-0.39, 0.29) is 10.9 Å². The van der Waals surface area contributed by atoms with Crippen LogP contribution in [0.5, 0.6) is 0 Å². The van der Waals surface area contributed by atoms with Crippen LogP contribution in [0.3, 0.4) is 0 Å². The first-order valence-electron chi connectivity index (χ1n) is 4.46. The molecule has 0 spiro atoms. The van der Waals surface area contributed by atoms with Crippen molar-refractivity contribution in [3.63, 3.8) is 0 Å². The molecule has 82 valence electrons. The fourth-order valence-corrected chi connectivity index (χ4v) is 1.84. The van der Waals surface area contributed by atoms with E-state index in [2.05, 4.69) is 11.9 Å². The molecule has 0 bridgehead atoms. The van der Waals surface area contributed by atoms with Gasteiger partial charge in [0.25, 0.3) is 0 Å². The Bertz CT molecular complexity index is 454. The maximum atomic E-state index is 11.2. The summed E-state index contributed by atoms with van der Waals surface area (Å²) in [6.07, 6.45) is 1.68. The van der Waals surface area contributed by atoms with Crippen molar-refractivity contribution in [3.05, 3.63) is 36.9 Å². The minimum absolute atomic E-state index is 0.0205. The predicted octanol–water partition coefficient (Wildman–Crippen LogP) is 1.32. The van der Waals surface area contributed by atoms with Gasteiger partial charge in [-0.05, 0) is 19.1 Å². The highest BCUT2D eigenvalue weighted by Gasteiger charge is 2.13. The van der Waals surface area contributed by atoms with Crippen LogP contribution in [0.15, 0.2) is 41.8 Å². The molecule has 0 saturated carbocycles. The first-order chi connectivity index (χ1) is 6.95. The maximum Gasteiger partial charge on any atom is 0.240 e. The van der Waals surface area contributed by atoms with Crippen molar-refractivity contribution in [2.24, 2.45) is 5.14 Å². The summed E-state index contributed by atoms with van der Waals surface area (Å²) < 4.78 is 22.5. The molecule has 3 N–H and O–H groups in total. The predicted molar refractivity (Wildman–Crippen MR) is 61.1 cm³/mol. The molecule has 5 heteroatoms. The summed E-state index contributed by atoms with van der Waals surface area (Å²) in [5, 5.41) is 8.07. The number of hydrogen-bond acceptors (Lipinski definition) is 3. The fraction of sp³-hybridized carbons (Fsp3) is 0.200. The van der Waals surface area contributed by atoms with Gasteiger partial charge in [0.05, 0.1) is 5.69 Å². The van der Waals surface area contributed by atoms with E-state index in [4.69, 9.17) is 5.14 Å². The van der Waals surface area contributed by atoms with Gasteiger partial charge in [-0.15, -0.1) is 6.58 Å². The summed E-state index contributed by atoms with van der Waals surface area (Å²) in [5.41, 5.74) is 0.493. The lowest BCUT2D eigenvalue weighted by molar-refractivity contribution is 0.598. The van der Waals surface area contributed by atoms with E-state index < -0.39 is 10.0 Å². The van der Waals surface area contributed by atoms with Gasteiger partial charge in [-0.2, -0.15) is 0 Å². The average molecular weight is 226 g/mol. The number of sulfonamides is 1. The van der Waals surface area contributed by atoms with Gasteiger partial charge >= 0.3 is 0 Å². The summed E-state index contributed by atoms with van der Waals surface area (Å²) >= 11 is 0. The lowest BCUT2D eigenvalue weighted by Crippen LogP contribution is -2.18. The Balaban J connectivity index is 3.13. The van der Waals surface area contributed by atoms with Crippen molar-refractivity contribution in [1.82, 2.24) is 0 Å². The molecule has 0 unspecified atom stereocenters. The summed E-state index contributed by atoms with van der Waals surface area (Å²) in [7, 11) is -3.68. The second-order valence-electron chi connectivity index (χ2n) is 3.21. The summed E-state index contributed by atoms with van der Waals surface area (Å²) in [5.74, 6) is 0. The zero-order valence-electron chi connectivity index (χ0n) is 8.47. The maximum absolute atomic E-state index is 11.2. The van der Waals surface area contributed by atoms with E-state index in [0.29, 0.717) is 5.69 Å². The molecule has 0 heterocycles. The van der Waals surface area contributed by atoms with Crippen molar-refractivity contribution >= 4 is 15.7 Å². The van der Waals surface area contributed by atoms with Gasteiger partial charge in [-0.25, -0.2) is 13.6 Å². The van der Waals surface area contributed by atoms with Crippen molar-refractivity contribution in [2.45, 2.75) is 17.9 Å². The van der Waals surface area contributed by atoms with Crippen LogP contribution < -0.4 is 10.5 Å². The molecule has 0 fully saturated rings. The Kier molecular flexibility index (Phi) is 3.49. The second-order valence-corrected chi connectivity index (χ2v) is 4.74. The quantitative estimate of drug-likeness (QED) is 0.760. The number of nitrogens with two attached hydrogens (primary N) is 1. The van der Waals surface area contributed by atoms with Gasteiger partial charge in [0.1, 0.15) is 4.90 Å². The van der Waals surface area contributed by atoms with Gasteiger partial charge < -0.3 is 5.32 Å². The van der Waals surface area contributed by atoms with Gasteiger partial charge in [0, 0.05) is 6.04 Å². The molecule has 0 saturated heterocycles. The van der Waals surface area contributed by atoms with Gasteiger partial charge in [-0.1, -0.05) is 18.2 Å². The Labute approximate surface area is 89.9 Å². The van der Waals surface area contributed by atoms with E-state index in [1.54, 1.807) is 24.3 Å². The lowest BCUT2D eigenvalue weighted by atomic mass is 10.2. The molecule has 15 heavy (non-hydrogen) atoms. The number of nitrogens with one attached hydrogen (secondary N) is 1. The van der Waals surface area contributed by atoms with Crippen LogP contribution in [0.2, 0.25) is 0 Å². The normalized spacial score (nSPS) is 13.2. The Morgan fingerprint density at radius 3 is 2.60 bits per heavy atom. The van der Waals surface area contributed by atoms with Crippen molar-refractivity contribution < 1.29 is 8.42 Å². The van der Waals surface area contributed by atoms with E-state index in [1.165, 1.54) is 6.07 Å². The minimum atomic E-state index is -3.68. The molecule has 1 rings (SSSR count). The van der Waals surface area contributed by atoms with Crippen molar-refractivity contribution in [3.8, 4) is 0 Å². The highest BCUT2D eigenvalue weighted by molar-refractivity contribution is 7.89. The number of benzene rings is 1. The topological polar surface area (TPSA) is 72.2 Å². The summed E-state index contributed by atoms with van der Waals surface area (Å²) in [6, 6.07) is 6.48. The zero-order chi connectivity index (χ0) is 11.5. The molecule has 0 radical (unpaired) electrons. The molecular formula is C10H14N2O2S. The van der Waals surface area contributed by atoms with Gasteiger partial charge in [0.2, 0.25) is 10.0 Å². The van der Waals surface area contributed by atoms with E-state index in [0.717, 1.165) is 0 Å². The van der Waals surface area contributed by atoms with E-state index >= 15 is 0 Å². The average Bonchev–Trinajstić information content (AvgIpc) is 2.17. The highest BCUT2D eigenvalue weighted by Crippen LogP contribution is 2.19. The Hall–Kier alpha value is -1.33. The van der Waals surface area contributed by atoms with Crippen molar-refractivity contribution in [1.29, 1.82) is 0 Å². The second kappa shape index (κ2) is 4.46. The molecule has 1 aromatic rings. The van der Waals surface area contributed by atoms with Gasteiger partial charge in [-0.3, -0.25) is 0 Å². The lowest BCUT2D eigenvalue weighted by Gasteiger charge is -2.13. The first-order valence-corrected chi connectivity index (χ1v) is 6.00. The van der Waals surface area contributed by atoms with E-state index in [9.17, 15) is 8.42 Å². The third-order valence-electron chi connectivity index (χ3n) is 1.93. The molecule has 0 aromatic heterocycles. The zero-order valence-corrected chi connectivity index (χ0v) is 9.29. The molecule has 1 atom stereocenters. The minimum Gasteiger partial charge on any atom is -0.378 e. The van der Waals surface area contributed by atoms with Crippen molar-refractivity contribution in [2.75, 3.05) is 5.32 Å². The number of anilines is 1. The highest BCUT2D eigenvalue weighted by atomic mass is 32.2. The molecule has 0 aliphatic rings. The van der Waals surface area contributed by atoms with Crippen LogP contribution in [0.25, 0.3) is 0 Å². The van der Waals surface area contributed by atoms with Crippen LogP contribution in [0.4, 0.5) is 5.69 Å². The standard InChI is InChI=1S/C10H14N2O2S/c1-3-8(2)12-9-6-4-5-7-10(9)15(11,13)14/h3-8,12H,1H2,2H3,(H2,11,13,14)/t8-/m1/s1. The number of primary sulfonamides is 1. The molecule has 0 amide bonds. The van der Waals surface area contributed by atoms with Crippen LogP contribution in [0.1, 0.15) is 6.92 Å². The van der Waals surface area contributed by atoms with Crippen LogP contribution in [-0.2, 0) is 10.0 Å². The monoisotopic (exact) mass is 226 g/mol. The number of hydrogen-bond donors (Lipinski definition) is 2. The third kappa shape index (κ3) is 3.07. The van der Waals surface area contributed by atoms with Crippen LogP contribution >= 0.6 is 0 Å². The van der Waals surface area contributed by atoms with Crippen LogP contribution in [0, 0.1) is 0 Å². The van der Waals surface area contributed by atoms with Gasteiger partial charge in [0.15, 0.2) is 0 Å². The van der Waals surface area contributed by atoms with Crippen LogP contribution in [-0.4, -0.2) is 14.5 Å². The summed E-state index contributed by atoms with van der Waals surface area (Å²) in [4.78, 5) is 0.0960. The smallest absolute Gasteiger partial charge is 0.240 e. The molecule has 0 aliphatic carbocycles. The third-order valence-corrected chi connectivity index (χ3v) is 2.90. The van der Waals surface area contributed by atoms with E-state index in [1.807, 2.05) is 6.92 Å². The summed E-state index contributed by atoms with van der Waals surface area (Å²) in [6.45, 7) is 5.47. The Morgan fingerprint density at radius 2 is 2.07 bits per heavy atom. The largest absolute Gasteiger partial charge is 0.378 e. The Morgan fingerprint density at radius 1 is 1.47 bits per heavy atom. The first kappa shape index (κ1) is 11.7. The number of rotatable bonds is 4.